The van der Waals surface area contributed by atoms with E-state index in [0.29, 0.717) is 10.8 Å². The Labute approximate surface area is 114 Å². The molecule has 4 nitrogen and oxygen atoms in total. The zero-order valence-corrected chi connectivity index (χ0v) is 12.4. The monoisotopic (exact) mass is 342 g/mol. The van der Waals surface area contributed by atoms with Gasteiger partial charge in [-0.3, -0.25) is 4.55 Å². The van der Waals surface area contributed by atoms with E-state index in [4.69, 9.17) is 20.9 Å². The Morgan fingerprint density at radius 1 is 1.41 bits per heavy atom. The molecule has 0 heterocycles. The van der Waals surface area contributed by atoms with Gasteiger partial charge in [0.2, 0.25) is 0 Å². The molecular formula is C10H12BrClO4S. The maximum absolute atomic E-state index is 10.9. The molecule has 0 bridgehead atoms. The number of benzene rings is 1. The molecule has 0 aliphatic rings. The molecule has 1 rings (SSSR count). The van der Waals surface area contributed by atoms with Crippen LogP contribution in [0.1, 0.15) is 13.8 Å². The second kappa shape index (κ2) is 5.56. The number of rotatable bonds is 4. The van der Waals surface area contributed by atoms with E-state index in [0.717, 1.165) is 4.47 Å². The molecule has 17 heavy (non-hydrogen) atoms. The highest BCUT2D eigenvalue weighted by Crippen LogP contribution is 2.29. The van der Waals surface area contributed by atoms with E-state index in [9.17, 15) is 8.42 Å². The molecule has 0 aliphatic carbocycles. The van der Waals surface area contributed by atoms with Crippen molar-refractivity contribution in [3.05, 3.63) is 27.7 Å². The van der Waals surface area contributed by atoms with Crippen molar-refractivity contribution in [1.29, 1.82) is 0 Å². The smallest absolute Gasteiger partial charge is 0.271 e. The summed E-state index contributed by atoms with van der Waals surface area (Å²) in [5.74, 6) is 0.365. The number of halogens is 2. The van der Waals surface area contributed by atoms with E-state index in [2.05, 4.69) is 15.9 Å². The van der Waals surface area contributed by atoms with Crippen molar-refractivity contribution in [3.63, 3.8) is 0 Å². The lowest BCUT2D eigenvalue weighted by atomic mass is 10.3. The predicted octanol–water partition coefficient (Wildman–Crippen LogP) is 3.15. The van der Waals surface area contributed by atoms with Gasteiger partial charge in [0.25, 0.3) is 10.1 Å². The van der Waals surface area contributed by atoms with Gasteiger partial charge in [0.15, 0.2) is 0 Å². The first kappa shape index (κ1) is 14.8. The second-order valence-electron chi connectivity index (χ2n) is 3.62. The van der Waals surface area contributed by atoms with Gasteiger partial charge in [0.1, 0.15) is 17.1 Å². The van der Waals surface area contributed by atoms with Crippen LogP contribution >= 0.6 is 27.5 Å². The Hall–Kier alpha value is -0.300. The molecule has 0 fully saturated rings. The van der Waals surface area contributed by atoms with Crippen LogP contribution in [0.5, 0.6) is 5.75 Å². The van der Waals surface area contributed by atoms with Gasteiger partial charge in [-0.15, -0.1) is 0 Å². The molecule has 2 atom stereocenters. The van der Waals surface area contributed by atoms with Crippen molar-refractivity contribution in [3.8, 4) is 5.75 Å². The molecule has 0 radical (unpaired) electrons. The van der Waals surface area contributed by atoms with Gasteiger partial charge in [-0.05, 0) is 32.0 Å². The summed E-state index contributed by atoms with van der Waals surface area (Å²) in [5, 5.41) is -0.653. The molecule has 7 heteroatoms. The molecule has 0 saturated heterocycles. The third-order valence-electron chi connectivity index (χ3n) is 2.34. The van der Waals surface area contributed by atoms with E-state index < -0.39 is 21.5 Å². The van der Waals surface area contributed by atoms with Crippen LogP contribution in [0.4, 0.5) is 0 Å². The lowest BCUT2D eigenvalue weighted by Gasteiger charge is -2.20. The zero-order valence-electron chi connectivity index (χ0n) is 9.22. The van der Waals surface area contributed by atoms with Gasteiger partial charge in [0.05, 0.1) is 5.02 Å². The normalized spacial score (nSPS) is 15.4. The fourth-order valence-corrected chi connectivity index (χ4v) is 2.15. The van der Waals surface area contributed by atoms with E-state index >= 15 is 0 Å². The molecule has 0 saturated carbocycles. The summed E-state index contributed by atoms with van der Waals surface area (Å²) in [6.45, 7) is 2.92. The third kappa shape index (κ3) is 4.13. The Morgan fingerprint density at radius 3 is 2.53 bits per heavy atom. The molecule has 0 unspecified atom stereocenters. The minimum Gasteiger partial charge on any atom is -0.488 e. The van der Waals surface area contributed by atoms with Crippen LogP contribution in [0.25, 0.3) is 0 Å². The quantitative estimate of drug-likeness (QED) is 0.853. The van der Waals surface area contributed by atoms with E-state index in [1.165, 1.54) is 6.92 Å². The molecular weight excluding hydrogens is 332 g/mol. The Morgan fingerprint density at radius 2 is 2.00 bits per heavy atom. The van der Waals surface area contributed by atoms with Crippen molar-refractivity contribution in [1.82, 2.24) is 0 Å². The maximum atomic E-state index is 10.9. The fourth-order valence-electron chi connectivity index (χ4n) is 1.11. The zero-order chi connectivity index (χ0) is 13.2. The van der Waals surface area contributed by atoms with Gasteiger partial charge in [0, 0.05) is 4.47 Å². The van der Waals surface area contributed by atoms with Gasteiger partial charge in [-0.1, -0.05) is 27.5 Å². The molecule has 1 N–H and O–H groups in total. The highest BCUT2D eigenvalue weighted by Gasteiger charge is 2.26. The van der Waals surface area contributed by atoms with Crippen LogP contribution < -0.4 is 4.74 Å². The van der Waals surface area contributed by atoms with Crippen LogP contribution in [0.15, 0.2) is 22.7 Å². The summed E-state index contributed by atoms with van der Waals surface area (Å²) >= 11 is 9.16. The van der Waals surface area contributed by atoms with Crippen LogP contribution in [0.3, 0.4) is 0 Å². The topological polar surface area (TPSA) is 63.6 Å². The number of hydrogen-bond acceptors (Lipinski definition) is 3. The second-order valence-corrected chi connectivity index (χ2v) is 6.71. The fraction of sp³-hybridized carbons (Fsp3) is 0.400. The average Bonchev–Trinajstić information content (AvgIpc) is 2.21. The van der Waals surface area contributed by atoms with Crippen molar-refractivity contribution >= 4 is 37.6 Å². The van der Waals surface area contributed by atoms with Crippen LogP contribution in [0.2, 0.25) is 5.02 Å². The lowest BCUT2D eigenvalue weighted by molar-refractivity contribution is 0.215. The summed E-state index contributed by atoms with van der Waals surface area (Å²) < 4.78 is 37.0. The average molecular weight is 344 g/mol. The van der Waals surface area contributed by atoms with Crippen LogP contribution in [-0.2, 0) is 10.1 Å². The highest BCUT2D eigenvalue weighted by atomic mass is 79.9. The first-order chi connectivity index (χ1) is 7.71. The van der Waals surface area contributed by atoms with Crippen molar-refractivity contribution in [2.45, 2.75) is 25.2 Å². The molecule has 0 spiro atoms. The van der Waals surface area contributed by atoms with Crippen LogP contribution in [-0.4, -0.2) is 24.3 Å². The first-order valence-corrected chi connectivity index (χ1v) is 7.47. The third-order valence-corrected chi connectivity index (χ3v) is 4.47. The standard InChI is InChI=1S/C10H12BrClO4S/c1-6(7(2)17(13,14)15)16-10-5-8(11)3-4-9(10)12/h3-7H,1-2H3,(H,13,14,15)/t6-,7-/m0/s1. The highest BCUT2D eigenvalue weighted by molar-refractivity contribution is 9.10. The maximum Gasteiger partial charge on any atom is 0.271 e. The minimum atomic E-state index is -4.12. The summed E-state index contributed by atoms with van der Waals surface area (Å²) in [6.07, 6.45) is -0.711. The number of hydrogen-bond donors (Lipinski definition) is 1. The van der Waals surface area contributed by atoms with Crippen LogP contribution in [0, 0.1) is 0 Å². The summed E-state index contributed by atoms with van der Waals surface area (Å²) in [4.78, 5) is 0. The summed E-state index contributed by atoms with van der Waals surface area (Å²) in [5.41, 5.74) is 0. The first-order valence-electron chi connectivity index (χ1n) is 4.80. The summed E-state index contributed by atoms with van der Waals surface area (Å²) in [6, 6.07) is 5.01. The number of ether oxygens (including phenoxy) is 1. The molecule has 0 amide bonds. The van der Waals surface area contributed by atoms with Crippen molar-refractivity contribution in [2.75, 3.05) is 0 Å². The Bertz CT molecular complexity index is 503. The lowest BCUT2D eigenvalue weighted by Crippen LogP contribution is -2.33. The molecule has 1 aromatic rings. The van der Waals surface area contributed by atoms with E-state index in [1.54, 1.807) is 25.1 Å². The Kier molecular flexibility index (Phi) is 4.83. The van der Waals surface area contributed by atoms with Gasteiger partial charge < -0.3 is 4.74 Å². The molecule has 0 aromatic heterocycles. The summed E-state index contributed by atoms with van der Waals surface area (Å²) in [7, 11) is -4.12. The van der Waals surface area contributed by atoms with Crippen molar-refractivity contribution in [2.24, 2.45) is 0 Å². The minimum absolute atomic E-state index is 0.365. The van der Waals surface area contributed by atoms with Gasteiger partial charge in [-0.2, -0.15) is 8.42 Å². The van der Waals surface area contributed by atoms with E-state index in [-0.39, 0.29) is 0 Å². The Balaban J connectivity index is 2.88. The predicted molar refractivity (Wildman–Crippen MR) is 70.3 cm³/mol. The molecule has 1 aromatic carbocycles. The molecule has 0 aliphatic heterocycles. The van der Waals surface area contributed by atoms with Gasteiger partial charge in [-0.25, -0.2) is 0 Å². The molecule has 96 valence electrons. The van der Waals surface area contributed by atoms with Crippen molar-refractivity contribution < 1.29 is 17.7 Å². The van der Waals surface area contributed by atoms with Gasteiger partial charge >= 0.3 is 0 Å². The largest absolute Gasteiger partial charge is 0.488 e. The SMILES string of the molecule is C[C@H](Oc1cc(Br)ccc1Cl)[C@H](C)S(=O)(=O)O. The van der Waals surface area contributed by atoms with E-state index in [1.807, 2.05) is 0 Å².